The van der Waals surface area contributed by atoms with E-state index < -0.39 is 0 Å². The fourth-order valence-electron chi connectivity index (χ4n) is 3.64. The molecule has 1 saturated heterocycles. The van der Waals surface area contributed by atoms with Crippen LogP contribution in [0.1, 0.15) is 35.0 Å². The van der Waals surface area contributed by atoms with Gasteiger partial charge in [-0.05, 0) is 42.5 Å². The highest BCUT2D eigenvalue weighted by molar-refractivity contribution is 5.91. The number of fused-ring (bicyclic) bond motifs is 1. The van der Waals surface area contributed by atoms with Crippen LogP contribution in [0.5, 0.6) is 0 Å². The van der Waals surface area contributed by atoms with Crippen LogP contribution in [0.25, 0.3) is 10.9 Å². The number of hydrogen-bond donors (Lipinski definition) is 0. The van der Waals surface area contributed by atoms with E-state index in [1.165, 1.54) is 16.6 Å². The zero-order chi connectivity index (χ0) is 15.8. The monoisotopic (exact) mass is 308 g/mol. The summed E-state index contributed by atoms with van der Waals surface area (Å²) >= 11 is 0. The van der Waals surface area contributed by atoms with Gasteiger partial charge in [0.15, 0.2) is 5.76 Å². The van der Waals surface area contributed by atoms with Crippen LogP contribution in [0.2, 0.25) is 0 Å². The number of benzene rings is 1. The Morgan fingerprint density at radius 2 is 1.91 bits per heavy atom. The molecule has 0 aliphatic carbocycles. The zero-order valence-electron chi connectivity index (χ0n) is 13.2. The minimum atomic E-state index is 0.00509. The van der Waals surface area contributed by atoms with Crippen molar-refractivity contribution in [3.63, 3.8) is 0 Å². The topological polar surface area (TPSA) is 38.4 Å². The van der Waals surface area contributed by atoms with Gasteiger partial charge in [0, 0.05) is 37.3 Å². The summed E-state index contributed by atoms with van der Waals surface area (Å²) in [5.74, 6) is 0.951. The third-order valence-corrected chi connectivity index (χ3v) is 4.92. The first-order chi connectivity index (χ1) is 11.2. The summed E-state index contributed by atoms with van der Waals surface area (Å²) in [5, 5.41) is 1.29. The minimum absolute atomic E-state index is 0.00509. The second-order valence-corrected chi connectivity index (χ2v) is 6.23. The molecule has 1 fully saturated rings. The highest BCUT2D eigenvalue weighted by atomic mass is 16.3. The van der Waals surface area contributed by atoms with Crippen molar-refractivity contribution >= 4 is 16.8 Å². The van der Waals surface area contributed by atoms with Crippen LogP contribution < -0.4 is 0 Å². The Kier molecular flexibility index (Phi) is 3.45. The Labute approximate surface area is 135 Å². The number of rotatable bonds is 2. The van der Waals surface area contributed by atoms with E-state index in [4.69, 9.17) is 4.42 Å². The average Bonchev–Trinajstić information content (AvgIpc) is 3.23. The van der Waals surface area contributed by atoms with Gasteiger partial charge in [-0.2, -0.15) is 0 Å². The largest absolute Gasteiger partial charge is 0.459 e. The second-order valence-electron chi connectivity index (χ2n) is 6.23. The summed E-state index contributed by atoms with van der Waals surface area (Å²) in [6, 6.07) is 14.3. The van der Waals surface area contributed by atoms with Gasteiger partial charge in [-0.25, -0.2) is 0 Å². The lowest BCUT2D eigenvalue weighted by Gasteiger charge is -2.31. The molecular formula is C19H20N2O2. The molecule has 0 saturated carbocycles. The van der Waals surface area contributed by atoms with Gasteiger partial charge in [0.05, 0.1) is 6.26 Å². The lowest BCUT2D eigenvalue weighted by Crippen LogP contribution is -2.38. The molecule has 3 heterocycles. The Morgan fingerprint density at radius 3 is 2.61 bits per heavy atom. The summed E-state index contributed by atoms with van der Waals surface area (Å²) in [6.45, 7) is 1.57. The molecule has 0 bridgehead atoms. The van der Waals surface area contributed by atoms with Crippen molar-refractivity contribution < 1.29 is 9.21 Å². The third-order valence-electron chi connectivity index (χ3n) is 4.92. The molecule has 3 aromatic rings. The lowest BCUT2D eigenvalue weighted by molar-refractivity contribution is 0.0679. The van der Waals surface area contributed by atoms with Crippen LogP contribution >= 0.6 is 0 Å². The zero-order valence-corrected chi connectivity index (χ0v) is 13.2. The van der Waals surface area contributed by atoms with E-state index in [0.717, 1.165) is 25.9 Å². The van der Waals surface area contributed by atoms with Crippen LogP contribution in [0.4, 0.5) is 0 Å². The molecule has 4 nitrogen and oxygen atoms in total. The van der Waals surface area contributed by atoms with E-state index in [1.54, 1.807) is 18.4 Å². The summed E-state index contributed by atoms with van der Waals surface area (Å²) < 4.78 is 7.52. The van der Waals surface area contributed by atoms with Gasteiger partial charge >= 0.3 is 0 Å². The SMILES string of the molecule is Cn1c(C2CCN(C(=O)c3ccco3)CC2)cc2ccccc21. The summed E-state index contributed by atoms with van der Waals surface area (Å²) in [5.41, 5.74) is 2.65. The first kappa shape index (κ1) is 14.1. The molecule has 0 unspecified atom stereocenters. The number of aryl methyl sites for hydroxylation is 1. The van der Waals surface area contributed by atoms with Crippen LogP contribution in [-0.4, -0.2) is 28.5 Å². The molecule has 1 amide bonds. The fourth-order valence-corrected chi connectivity index (χ4v) is 3.64. The predicted octanol–water partition coefficient (Wildman–Crippen LogP) is 3.79. The summed E-state index contributed by atoms with van der Waals surface area (Å²) in [4.78, 5) is 14.2. The number of amides is 1. The highest BCUT2D eigenvalue weighted by Crippen LogP contribution is 2.32. The lowest BCUT2D eigenvalue weighted by atomic mass is 9.93. The molecule has 23 heavy (non-hydrogen) atoms. The van der Waals surface area contributed by atoms with Gasteiger partial charge in [0.25, 0.3) is 5.91 Å². The normalized spacial score (nSPS) is 16.1. The van der Waals surface area contributed by atoms with E-state index in [0.29, 0.717) is 11.7 Å². The maximum Gasteiger partial charge on any atom is 0.289 e. The van der Waals surface area contributed by atoms with Crippen molar-refractivity contribution in [2.45, 2.75) is 18.8 Å². The predicted molar refractivity (Wildman–Crippen MR) is 89.5 cm³/mol. The van der Waals surface area contributed by atoms with Gasteiger partial charge in [-0.15, -0.1) is 0 Å². The first-order valence-corrected chi connectivity index (χ1v) is 8.11. The number of carbonyl (C=O) groups excluding carboxylic acids is 1. The molecule has 1 aliphatic heterocycles. The van der Waals surface area contributed by atoms with Crippen LogP contribution in [-0.2, 0) is 7.05 Å². The quantitative estimate of drug-likeness (QED) is 0.722. The van der Waals surface area contributed by atoms with E-state index in [2.05, 4.69) is 41.9 Å². The third kappa shape index (κ3) is 2.44. The van der Waals surface area contributed by atoms with Gasteiger partial charge in [-0.1, -0.05) is 18.2 Å². The number of carbonyl (C=O) groups is 1. The van der Waals surface area contributed by atoms with E-state index in [-0.39, 0.29) is 5.91 Å². The molecule has 0 N–H and O–H groups in total. The second kappa shape index (κ2) is 5.61. The number of nitrogens with zero attached hydrogens (tertiary/aromatic N) is 2. The van der Waals surface area contributed by atoms with E-state index in [9.17, 15) is 4.79 Å². The number of furan rings is 1. The maximum absolute atomic E-state index is 12.3. The molecule has 4 rings (SSSR count). The standard InChI is InChI=1S/C19H20N2O2/c1-20-16-6-3-2-5-15(16)13-17(20)14-8-10-21(11-9-14)19(22)18-7-4-12-23-18/h2-7,12-14H,8-11H2,1H3. The van der Waals surface area contributed by atoms with Crippen molar-refractivity contribution in [2.75, 3.05) is 13.1 Å². The van der Waals surface area contributed by atoms with Gasteiger partial charge in [0.2, 0.25) is 0 Å². The summed E-state index contributed by atoms with van der Waals surface area (Å²) in [7, 11) is 2.14. The van der Waals surface area contributed by atoms with Crippen molar-refractivity contribution in [3.8, 4) is 0 Å². The van der Waals surface area contributed by atoms with Gasteiger partial charge in [-0.3, -0.25) is 4.79 Å². The van der Waals surface area contributed by atoms with Crippen LogP contribution in [0, 0.1) is 0 Å². The molecule has 0 radical (unpaired) electrons. The van der Waals surface area contributed by atoms with E-state index in [1.807, 2.05) is 4.90 Å². The molecule has 1 aromatic carbocycles. The Bertz CT molecular complexity index is 824. The molecule has 1 aliphatic rings. The number of likely N-dealkylation sites (tertiary alicyclic amines) is 1. The summed E-state index contributed by atoms with van der Waals surface area (Å²) in [6.07, 6.45) is 3.54. The van der Waals surface area contributed by atoms with Crippen LogP contribution in [0.3, 0.4) is 0 Å². The van der Waals surface area contributed by atoms with Crippen molar-refractivity contribution in [1.82, 2.24) is 9.47 Å². The van der Waals surface area contributed by atoms with E-state index >= 15 is 0 Å². The smallest absolute Gasteiger partial charge is 0.289 e. The van der Waals surface area contributed by atoms with Gasteiger partial charge in [0.1, 0.15) is 0 Å². The molecule has 2 aromatic heterocycles. The molecule has 4 heteroatoms. The number of aromatic nitrogens is 1. The van der Waals surface area contributed by atoms with Crippen LogP contribution in [0.15, 0.2) is 53.1 Å². The number of hydrogen-bond acceptors (Lipinski definition) is 2. The van der Waals surface area contributed by atoms with Crippen molar-refractivity contribution in [3.05, 3.63) is 60.2 Å². The molecule has 0 spiro atoms. The minimum Gasteiger partial charge on any atom is -0.459 e. The fraction of sp³-hybridized carbons (Fsp3) is 0.316. The Morgan fingerprint density at radius 1 is 1.13 bits per heavy atom. The first-order valence-electron chi connectivity index (χ1n) is 8.11. The maximum atomic E-state index is 12.3. The van der Waals surface area contributed by atoms with Crippen molar-refractivity contribution in [1.29, 1.82) is 0 Å². The average molecular weight is 308 g/mol. The Hall–Kier alpha value is -2.49. The highest BCUT2D eigenvalue weighted by Gasteiger charge is 2.27. The van der Waals surface area contributed by atoms with Gasteiger partial charge < -0.3 is 13.9 Å². The molecule has 0 atom stereocenters. The van der Waals surface area contributed by atoms with Crippen molar-refractivity contribution in [2.24, 2.45) is 7.05 Å². The molecule has 118 valence electrons. The number of para-hydroxylation sites is 1. The number of piperidine rings is 1. The Balaban J connectivity index is 1.51. The molecular weight excluding hydrogens is 288 g/mol.